The summed E-state index contributed by atoms with van der Waals surface area (Å²) in [6, 6.07) is 4.05. The van der Waals surface area contributed by atoms with Crippen LogP contribution in [-0.4, -0.2) is 54.7 Å². The molecule has 2 aromatic rings. The van der Waals surface area contributed by atoms with Crippen molar-refractivity contribution in [1.29, 1.82) is 0 Å². The highest BCUT2D eigenvalue weighted by Gasteiger charge is 2.15. The number of amides is 1. The van der Waals surface area contributed by atoms with E-state index >= 15 is 0 Å². The molecule has 7 nitrogen and oxygen atoms in total. The van der Waals surface area contributed by atoms with E-state index in [0.29, 0.717) is 12.2 Å². The number of hydrazone groups is 1. The number of esters is 1. The Hall–Kier alpha value is -2.19. The molecule has 23 heavy (non-hydrogen) atoms. The van der Waals surface area contributed by atoms with E-state index in [-0.39, 0.29) is 19.8 Å². The summed E-state index contributed by atoms with van der Waals surface area (Å²) in [5.41, 5.74) is 0.977. The van der Waals surface area contributed by atoms with Crippen LogP contribution in [0.5, 0.6) is 0 Å². The topological polar surface area (TPSA) is 73.1 Å². The summed E-state index contributed by atoms with van der Waals surface area (Å²) < 4.78 is 12.0. The van der Waals surface area contributed by atoms with Crippen molar-refractivity contribution in [2.24, 2.45) is 5.10 Å². The number of methoxy groups -OCH3 is 1. The van der Waals surface area contributed by atoms with Crippen LogP contribution in [0.15, 0.2) is 22.6 Å². The molecule has 2 heterocycles. The predicted molar refractivity (Wildman–Crippen MR) is 88.7 cm³/mol. The lowest BCUT2D eigenvalue weighted by Crippen LogP contribution is -2.30. The highest BCUT2D eigenvalue weighted by atomic mass is 32.1. The second-order valence-corrected chi connectivity index (χ2v) is 5.65. The average Bonchev–Trinajstić information content (AvgIpc) is 3.06. The van der Waals surface area contributed by atoms with Crippen LogP contribution in [0.1, 0.15) is 12.6 Å². The fourth-order valence-electron chi connectivity index (χ4n) is 2.22. The third-order valence-corrected chi connectivity index (χ3v) is 4.00. The highest BCUT2D eigenvalue weighted by Crippen LogP contribution is 2.25. The number of hydrogen-bond acceptors (Lipinski definition) is 6. The molecule has 124 valence electrons. The van der Waals surface area contributed by atoms with E-state index in [1.54, 1.807) is 25.4 Å². The Morgan fingerprint density at radius 1 is 1.52 bits per heavy atom. The molecule has 0 unspecified atom stereocenters. The van der Waals surface area contributed by atoms with Crippen molar-refractivity contribution in [3.8, 4) is 0 Å². The Morgan fingerprint density at radius 2 is 2.30 bits per heavy atom. The molecule has 2 aromatic heterocycles. The van der Waals surface area contributed by atoms with Crippen molar-refractivity contribution in [2.75, 3.05) is 26.9 Å². The van der Waals surface area contributed by atoms with E-state index in [1.165, 1.54) is 0 Å². The van der Waals surface area contributed by atoms with E-state index in [9.17, 15) is 9.59 Å². The minimum Gasteiger partial charge on any atom is -0.465 e. The Labute approximate surface area is 138 Å². The van der Waals surface area contributed by atoms with Crippen molar-refractivity contribution in [1.82, 2.24) is 9.58 Å². The number of carbonyl (C=O) groups is 2. The number of ether oxygens (including phenoxy) is 2. The Bertz CT molecular complexity index is 719. The van der Waals surface area contributed by atoms with Gasteiger partial charge in [-0.3, -0.25) is 14.2 Å². The van der Waals surface area contributed by atoms with Gasteiger partial charge in [0.05, 0.1) is 6.61 Å². The van der Waals surface area contributed by atoms with Gasteiger partial charge < -0.3 is 9.47 Å². The molecule has 0 aliphatic rings. The average molecular weight is 337 g/mol. The molecule has 0 spiro atoms. The van der Waals surface area contributed by atoms with Crippen molar-refractivity contribution in [2.45, 2.75) is 13.8 Å². The van der Waals surface area contributed by atoms with Crippen molar-refractivity contribution in [3.05, 3.63) is 23.2 Å². The third-order valence-electron chi connectivity index (χ3n) is 3.09. The van der Waals surface area contributed by atoms with Crippen LogP contribution >= 0.6 is 11.3 Å². The van der Waals surface area contributed by atoms with Gasteiger partial charge in [-0.2, -0.15) is 5.10 Å². The van der Waals surface area contributed by atoms with Crippen molar-refractivity contribution >= 4 is 39.8 Å². The van der Waals surface area contributed by atoms with Crippen LogP contribution in [0.3, 0.4) is 0 Å². The Kier molecular flexibility index (Phi) is 5.89. The molecule has 1 amide bonds. The number of carbonyl (C=O) groups excluding carboxylic acids is 2. The van der Waals surface area contributed by atoms with Gasteiger partial charge in [-0.1, -0.05) is 0 Å². The summed E-state index contributed by atoms with van der Waals surface area (Å²) in [4.78, 5) is 23.8. The van der Waals surface area contributed by atoms with Gasteiger partial charge in [0.2, 0.25) is 6.41 Å². The minimum atomic E-state index is -0.509. The number of hydrogen-bond donors (Lipinski definition) is 0. The molecule has 2 rings (SSSR count). The van der Waals surface area contributed by atoms with Crippen LogP contribution in [0, 0.1) is 6.92 Å². The first kappa shape index (κ1) is 17.2. The molecule has 0 aromatic carbocycles. The summed E-state index contributed by atoms with van der Waals surface area (Å²) in [7, 11) is 1.55. The summed E-state index contributed by atoms with van der Waals surface area (Å²) in [6.45, 7) is 3.88. The van der Waals surface area contributed by atoms with Gasteiger partial charge in [-0.25, -0.2) is 5.01 Å². The number of rotatable bonds is 7. The fraction of sp³-hybridized carbons (Fsp3) is 0.400. The van der Waals surface area contributed by atoms with E-state index in [1.807, 2.05) is 29.0 Å². The monoisotopic (exact) mass is 337 g/mol. The SMILES string of the molecule is CCOC(=O)CN(C=O)/N=C(/COC)n1c(C)cc2ccsc21. The highest BCUT2D eigenvalue weighted by molar-refractivity contribution is 7.17. The zero-order chi connectivity index (χ0) is 16.8. The smallest absolute Gasteiger partial charge is 0.327 e. The van der Waals surface area contributed by atoms with Crippen molar-refractivity contribution < 1.29 is 19.1 Å². The molecule has 0 aliphatic carbocycles. The molecule has 0 atom stereocenters. The largest absolute Gasteiger partial charge is 0.465 e. The molecule has 0 fully saturated rings. The van der Waals surface area contributed by atoms with Crippen LogP contribution < -0.4 is 0 Å². The van der Waals surface area contributed by atoms with Crippen molar-refractivity contribution in [3.63, 3.8) is 0 Å². The number of fused-ring (bicyclic) bond motifs is 1. The molecule has 0 saturated heterocycles. The maximum atomic E-state index is 11.5. The maximum Gasteiger partial charge on any atom is 0.327 e. The quantitative estimate of drug-likeness (QED) is 0.254. The molecule has 0 saturated carbocycles. The van der Waals surface area contributed by atoms with Crippen LogP contribution in [0.2, 0.25) is 0 Å². The van der Waals surface area contributed by atoms with E-state index < -0.39 is 5.97 Å². The molecular formula is C15H19N3O4S. The van der Waals surface area contributed by atoms with Gasteiger partial charge in [-0.05, 0) is 31.4 Å². The van der Waals surface area contributed by atoms with E-state index in [0.717, 1.165) is 20.9 Å². The van der Waals surface area contributed by atoms with E-state index in [2.05, 4.69) is 5.10 Å². The number of nitrogens with zero attached hydrogens (tertiary/aromatic N) is 3. The van der Waals surface area contributed by atoms with Gasteiger partial charge >= 0.3 is 5.97 Å². The summed E-state index contributed by atoms with van der Waals surface area (Å²) in [5.74, 6) is 0.0180. The van der Waals surface area contributed by atoms with E-state index in [4.69, 9.17) is 9.47 Å². The number of thiophene rings is 1. The minimum absolute atomic E-state index is 0.204. The summed E-state index contributed by atoms with van der Waals surface area (Å²) in [5, 5.41) is 8.37. The maximum absolute atomic E-state index is 11.5. The standard InChI is InChI=1S/C15H19N3O4S/c1-4-22-14(20)8-17(10-19)16-13(9-21-3)18-11(2)7-12-5-6-23-15(12)18/h5-7,10H,4,8-9H2,1-3H3/b16-13-. The second kappa shape index (κ2) is 7.89. The lowest BCUT2D eigenvalue weighted by atomic mass is 10.4. The Morgan fingerprint density at radius 3 is 2.96 bits per heavy atom. The fourth-order valence-corrected chi connectivity index (χ4v) is 3.19. The molecule has 8 heteroatoms. The molecule has 0 radical (unpaired) electrons. The first-order valence-electron chi connectivity index (χ1n) is 7.10. The lowest BCUT2D eigenvalue weighted by molar-refractivity contribution is -0.146. The van der Waals surface area contributed by atoms with Gasteiger partial charge in [0.1, 0.15) is 18.0 Å². The zero-order valence-electron chi connectivity index (χ0n) is 13.3. The lowest BCUT2D eigenvalue weighted by Gasteiger charge is -2.15. The normalized spacial score (nSPS) is 11.7. The van der Waals surface area contributed by atoms with Crippen LogP contribution in [-0.2, 0) is 19.1 Å². The van der Waals surface area contributed by atoms with Gasteiger partial charge in [0.25, 0.3) is 0 Å². The molecule has 0 N–H and O–H groups in total. The summed E-state index contributed by atoms with van der Waals surface area (Å²) in [6.07, 6.45) is 0.497. The molecular weight excluding hydrogens is 318 g/mol. The number of aromatic nitrogens is 1. The second-order valence-electron chi connectivity index (χ2n) is 4.76. The van der Waals surface area contributed by atoms with Gasteiger partial charge in [0, 0.05) is 18.2 Å². The van der Waals surface area contributed by atoms with Gasteiger partial charge in [0.15, 0.2) is 5.84 Å². The number of aryl methyl sites for hydroxylation is 1. The van der Waals surface area contributed by atoms with Crippen LogP contribution in [0.4, 0.5) is 0 Å². The van der Waals surface area contributed by atoms with Crippen LogP contribution in [0.25, 0.3) is 10.2 Å². The molecule has 0 bridgehead atoms. The third kappa shape index (κ3) is 3.96. The van der Waals surface area contributed by atoms with Gasteiger partial charge in [-0.15, -0.1) is 11.3 Å². The molecule has 0 aliphatic heterocycles. The predicted octanol–water partition coefficient (Wildman–Crippen LogP) is 1.84. The Balaban J connectivity index is 2.35. The first-order chi connectivity index (χ1) is 11.1. The summed E-state index contributed by atoms with van der Waals surface area (Å²) >= 11 is 1.57. The zero-order valence-corrected chi connectivity index (χ0v) is 14.1. The first-order valence-corrected chi connectivity index (χ1v) is 7.98.